The van der Waals surface area contributed by atoms with Gasteiger partial charge in [0.05, 0.1) is 17.8 Å². The van der Waals surface area contributed by atoms with Gasteiger partial charge in [-0.15, -0.1) is 0 Å². The van der Waals surface area contributed by atoms with E-state index in [0.717, 1.165) is 16.6 Å². The van der Waals surface area contributed by atoms with Crippen molar-refractivity contribution in [2.75, 3.05) is 6.61 Å². The van der Waals surface area contributed by atoms with Crippen LogP contribution in [0, 0.1) is 0 Å². The molecule has 0 aliphatic carbocycles. The molecule has 0 saturated carbocycles. The van der Waals surface area contributed by atoms with Gasteiger partial charge in [0.2, 0.25) is 0 Å². The molecule has 1 heterocycles. The standard InChI is InChI=1S/C12H11NO3/c14-12(15)8-16-7-10-6-5-9-3-1-2-4-11(9)13-10/h1-6H,7-8H2,(H,14,15). The van der Waals surface area contributed by atoms with Crippen LogP contribution < -0.4 is 0 Å². The normalized spacial score (nSPS) is 10.5. The van der Waals surface area contributed by atoms with Crippen LogP contribution in [0.15, 0.2) is 36.4 Å². The summed E-state index contributed by atoms with van der Waals surface area (Å²) < 4.78 is 4.97. The van der Waals surface area contributed by atoms with Crippen molar-refractivity contribution in [3.63, 3.8) is 0 Å². The number of carboxylic acid groups (broad SMARTS) is 1. The van der Waals surface area contributed by atoms with Gasteiger partial charge in [-0.05, 0) is 12.1 Å². The van der Waals surface area contributed by atoms with Gasteiger partial charge in [-0.25, -0.2) is 4.79 Å². The molecule has 0 fully saturated rings. The number of carboxylic acids is 1. The molecule has 0 unspecified atom stereocenters. The van der Waals surface area contributed by atoms with E-state index < -0.39 is 5.97 Å². The van der Waals surface area contributed by atoms with E-state index in [1.807, 2.05) is 36.4 Å². The molecular weight excluding hydrogens is 206 g/mol. The van der Waals surface area contributed by atoms with Crippen LogP contribution in [0.2, 0.25) is 0 Å². The van der Waals surface area contributed by atoms with Gasteiger partial charge in [0.25, 0.3) is 0 Å². The largest absolute Gasteiger partial charge is 0.480 e. The lowest BCUT2D eigenvalue weighted by Crippen LogP contribution is -2.07. The van der Waals surface area contributed by atoms with Crippen molar-refractivity contribution in [1.29, 1.82) is 0 Å². The summed E-state index contributed by atoms with van der Waals surface area (Å²) in [6, 6.07) is 11.5. The molecule has 1 aromatic heterocycles. The first-order valence-corrected chi connectivity index (χ1v) is 4.90. The van der Waals surface area contributed by atoms with Crippen LogP contribution in [-0.4, -0.2) is 22.7 Å². The number of carbonyl (C=O) groups is 1. The average molecular weight is 217 g/mol. The molecule has 0 aliphatic heterocycles. The lowest BCUT2D eigenvalue weighted by atomic mass is 10.2. The van der Waals surface area contributed by atoms with E-state index in [4.69, 9.17) is 9.84 Å². The second kappa shape index (κ2) is 4.72. The van der Waals surface area contributed by atoms with E-state index in [9.17, 15) is 4.79 Å². The molecule has 16 heavy (non-hydrogen) atoms. The van der Waals surface area contributed by atoms with E-state index in [1.54, 1.807) is 0 Å². The third-order valence-corrected chi connectivity index (χ3v) is 2.13. The van der Waals surface area contributed by atoms with E-state index >= 15 is 0 Å². The summed E-state index contributed by atoms with van der Waals surface area (Å²) in [6.45, 7) is -0.0777. The molecule has 0 bridgehead atoms. The van der Waals surface area contributed by atoms with Gasteiger partial charge in [0.1, 0.15) is 6.61 Å². The highest BCUT2D eigenvalue weighted by Crippen LogP contribution is 2.12. The number of benzene rings is 1. The summed E-state index contributed by atoms with van der Waals surface area (Å²) in [7, 11) is 0. The lowest BCUT2D eigenvalue weighted by molar-refractivity contribution is -0.142. The highest BCUT2D eigenvalue weighted by atomic mass is 16.5. The minimum absolute atomic E-state index is 0.219. The fourth-order valence-corrected chi connectivity index (χ4v) is 1.43. The number of nitrogens with zero attached hydrogens (tertiary/aromatic N) is 1. The van der Waals surface area contributed by atoms with Gasteiger partial charge < -0.3 is 9.84 Å². The average Bonchev–Trinajstić information content (AvgIpc) is 2.28. The van der Waals surface area contributed by atoms with Crippen molar-refractivity contribution in [2.24, 2.45) is 0 Å². The molecule has 1 N–H and O–H groups in total. The Bertz CT molecular complexity index is 510. The van der Waals surface area contributed by atoms with E-state index in [-0.39, 0.29) is 13.2 Å². The third kappa shape index (κ3) is 2.55. The SMILES string of the molecule is O=C(O)COCc1ccc2ccccc2n1. The Hall–Kier alpha value is -1.94. The van der Waals surface area contributed by atoms with Crippen LogP contribution in [0.25, 0.3) is 10.9 Å². The van der Waals surface area contributed by atoms with E-state index in [0.29, 0.717) is 0 Å². The molecule has 0 aliphatic rings. The van der Waals surface area contributed by atoms with Crippen molar-refractivity contribution in [1.82, 2.24) is 4.98 Å². The maximum atomic E-state index is 10.3. The van der Waals surface area contributed by atoms with Crippen molar-refractivity contribution >= 4 is 16.9 Å². The molecule has 0 amide bonds. The number of hydrogen-bond acceptors (Lipinski definition) is 3. The van der Waals surface area contributed by atoms with Crippen molar-refractivity contribution < 1.29 is 14.6 Å². The monoisotopic (exact) mass is 217 g/mol. The van der Waals surface area contributed by atoms with E-state index in [2.05, 4.69) is 4.98 Å². The van der Waals surface area contributed by atoms with E-state index in [1.165, 1.54) is 0 Å². The number of ether oxygens (including phenoxy) is 1. The van der Waals surface area contributed by atoms with Gasteiger partial charge in [0, 0.05) is 5.39 Å². The Morgan fingerprint density at radius 3 is 2.88 bits per heavy atom. The summed E-state index contributed by atoms with van der Waals surface area (Å²) in [5.74, 6) is -0.971. The molecule has 0 radical (unpaired) electrons. The zero-order chi connectivity index (χ0) is 11.4. The second-order valence-electron chi connectivity index (χ2n) is 3.38. The van der Waals surface area contributed by atoms with Gasteiger partial charge in [0.15, 0.2) is 0 Å². The van der Waals surface area contributed by atoms with Gasteiger partial charge in [-0.1, -0.05) is 24.3 Å². The molecule has 4 nitrogen and oxygen atoms in total. The Balaban J connectivity index is 2.10. The van der Waals surface area contributed by atoms with Crippen LogP contribution in [0.1, 0.15) is 5.69 Å². The van der Waals surface area contributed by atoms with Crippen LogP contribution in [0.4, 0.5) is 0 Å². The Morgan fingerprint density at radius 1 is 1.25 bits per heavy atom. The van der Waals surface area contributed by atoms with Crippen LogP contribution in [0.5, 0.6) is 0 Å². The zero-order valence-electron chi connectivity index (χ0n) is 8.59. The van der Waals surface area contributed by atoms with Crippen LogP contribution in [0.3, 0.4) is 0 Å². The minimum Gasteiger partial charge on any atom is -0.480 e. The molecule has 2 aromatic rings. The number of aromatic nitrogens is 1. The van der Waals surface area contributed by atoms with Crippen molar-refractivity contribution in [3.8, 4) is 0 Å². The summed E-state index contributed by atoms with van der Waals surface area (Å²) in [4.78, 5) is 14.6. The number of fused-ring (bicyclic) bond motifs is 1. The van der Waals surface area contributed by atoms with Crippen molar-refractivity contribution in [2.45, 2.75) is 6.61 Å². The fourth-order valence-electron chi connectivity index (χ4n) is 1.43. The Morgan fingerprint density at radius 2 is 2.06 bits per heavy atom. The number of hydrogen-bond donors (Lipinski definition) is 1. The highest BCUT2D eigenvalue weighted by molar-refractivity contribution is 5.78. The summed E-state index contributed by atoms with van der Waals surface area (Å²) in [5, 5.41) is 9.48. The number of aliphatic carboxylic acids is 1. The maximum Gasteiger partial charge on any atom is 0.329 e. The maximum absolute atomic E-state index is 10.3. The van der Waals surface area contributed by atoms with Crippen LogP contribution >= 0.6 is 0 Å². The van der Waals surface area contributed by atoms with Gasteiger partial charge in [-0.2, -0.15) is 0 Å². The van der Waals surface area contributed by atoms with Crippen LogP contribution in [-0.2, 0) is 16.1 Å². The molecule has 2 rings (SSSR count). The smallest absolute Gasteiger partial charge is 0.329 e. The Kier molecular flexibility index (Phi) is 3.12. The Labute approximate surface area is 92.5 Å². The first-order chi connectivity index (χ1) is 7.75. The third-order valence-electron chi connectivity index (χ3n) is 2.13. The predicted octanol–water partition coefficient (Wildman–Crippen LogP) is 1.84. The summed E-state index contributed by atoms with van der Waals surface area (Å²) in [6.07, 6.45) is 0. The minimum atomic E-state index is -0.971. The fraction of sp³-hybridized carbons (Fsp3) is 0.167. The second-order valence-corrected chi connectivity index (χ2v) is 3.38. The molecule has 0 saturated heterocycles. The first-order valence-electron chi connectivity index (χ1n) is 4.90. The number of rotatable bonds is 4. The number of para-hydroxylation sites is 1. The quantitative estimate of drug-likeness (QED) is 0.848. The van der Waals surface area contributed by atoms with Gasteiger partial charge in [-0.3, -0.25) is 4.98 Å². The summed E-state index contributed by atoms with van der Waals surface area (Å²) >= 11 is 0. The lowest BCUT2D eigenvalue weighted by Gasteiger charge is -2.02. The predicted molar refractivity (Wildman–Crippen MR) is 59.0 cm³/mol. The molecule has 0 spiro atoms. The molecule has 82 valence electrons. The summed E-state index contributed by atoms with van der Waals surface area (Å²) in [5.41, 5.74) is 1.62. The molecule has 1 aromatic carbocycles. The number of pyridine rings is 1. The zero-order valence-corrected chi connectivity index (χ0v) is 8.59. The van der Waals surface area contributed by atoms with Gasteiger partial charge >= 0.3 is 5.97 Å². The topological polar surface area (TPSA) is 59.4 Å². The molecule has 4 heteroatoms. The van der Waals surface area contributed by atoms with Crippen molar-refractivity contribution in [3.05, 3.63) is 42.1 Å². The molecular formula is C12H11NO3. The molecule has 0 atom stereocenters. The first kappa shape index (κ1) is 10.6. The highest BCUT2D eigenvalue weighted by Gasteiger charge is 2.00.